The molecule has 29 heavy (non-hydrogen) atoms. The molecule has 2 rings (SSSR count). The number of hydrogen-bond acceptors (Lipinski definition) is 5. The molecule has 0 spiro atoms. The zero-order valence-electron chi connectivity index (χ0n) is 17.4. The molecule has 1 heterocycles. The number of nitrogens with zero attached hydrogens (tertiary/aromatic N) is 3. The molecule has 1 aliphatic rings. The Labute approximate surface area is 196 Å². The van der Waals surface area contributed by atoms with E-state index in [4.69, 9.17) is 16.3 Å². The van der Waals surface area contributed by atoms with Crippen LogP contribution in [-0.4, -0.2) is 83.8 Å². The standard InChI is InChI=1S/C19H31ClN4O3S.HI/c1-4-21-19(22-7-12-27-13-14-28(3,25)26)24-10-8-23(9-11-24)18-15-17(20)6-5-16(18)2;/h5-6,15H,4,7-14H2,1-3H3,(H,21,22);1H. The lowest BCUT2D eigenvalue weighted by Crippen LogP contribution is -2.52. The van der Waals surface area contributed by atoms with E-state index in [9.17, 15) is 8.42 Å². The number of aliphatic imine (C=N–C) groups is 1. The van der Waals surface area contributed by atoms with Gasteiger partial charge in [-0.3, -0.25) is 4.99 Å². The maximum absolute atomic E-state index is 11.1. The van der Waals surface area contributed by atoms with E-state index in [2.05, 4.69) is 33.1 Å². The van der Waals surface area contributed by atoms with Crippen LogP contribution < -0.4 is 10.2 Å². The van der Waals surface area contributed by atoms with Crippen LogP contribution >= 0.6 is 35.6 Å². The molecule has 0 amide bonds. The normalized spacial score (nSPS) is 15.2. The Kier molecular flexibility index (Phi) is 11.6. The van der Waals surface area contributed by atoms with Crippen LogP contribution in [-0.2, 0) is 14.6 Å². The Balaban J connectivity index is 0.00000420. The topological polar surface area (TPSA) is 74.2 Å². The van der Waals surface area contributed by atoms with E-state index in [1.807, 2.05) is 19.1 Å². The Bertz CT molecular complexity index is 769. The second-order valence-corrected chi connectivity index (χ2v) is 9.58. The summed E-state index contributed by atoms with van der Waals surface area (Å²) < 4.78 is 27.6. The van der Waals surface area contributed by atoms with Crippen molar-refractivity contribution in [1.29, 1.82) is 0 Å². The summed E-state index contributed by atoms with van der Waals surface area (Å²) in [6.45, 7) is 9.60. The molecular formula is C19H32ClIN4O3S. The predicted octanol–water partition coefficient (Wildman–Crippen LogP) is 2.42. The molecule has 0 bridgehead atoms. The summed E-state index contributed by atoms with van der Waals surface area (Å²) in [4.78, 5) is 9.22. The van der Waals surface area contributed by atoms with Crippen molar-refractivity contribution in [2.75, 3.05) is 69.4 Å². The second-order valence-electron chi connectivity index (χ2n) is 6.88. The van der Waals surface area contributed by atoms with Gasteiger partial charge in [0.1, 0.15) is 9.84 Å². The van der Waals surface area contributed by atoms with Crippen LogP contribution in [0.4, 0.5) is 5.69 Å². The van der Waals surface area contributed by atoms with Crippen LogP contribution in [0.2, 0.25) is 5.02 Å². The summed E-state index contributed by atoms with van der Waals surface area (Å²) in [7, 11) is -2.98. The minimum atomic E-state index is -2.98. The minimum Gasteiger partial charge on any atom is -0.378 e. The number of nitrogens with one attached hydrogen (secondary N) is 1. The van der Waals surface area contributed by atoms with Gasteiger partial charge < -0.3 is 19.9 Å². The Morgan fingerprint density at radius 1 is 1.24 bits per heavy atom. The van der Waals surface area contributed by atoms with E-state index >= 15 is 0 Å². The van der Waals surface area contributed by atoms with E-state index in [1.54, 1.807) is 0 Å². The number of guanidine groups is 1. The molecule has 166 valence electrons. The lowest BCUT2D eigenvalue weighted by Gasteiger charge is -2.38. The molecule has 0 unspecified atom stereocenters. The van der Waals surface area contributed by atoms with Crippen LogP contribution in [0, 0.1) is 6.92 Å². The monoisotopic (exact) mass is 558 g/mol. The fourth-order valence-corrected chi connectivity index (χ4v) is 3.62. The highest BCUT2D eigenvalue weighted by molar-refractivity contribution is 14.0. The fourth-order valence-electron chi connectivity index (χ4n) is 3.04. The third kappa shape index (κ3) is 9.27. The van der Waals surface area contributed by atoms with Crippen molar-refractivity contribution in [3.8, 4) is 0 Å². The molecule has 7 nitrogen and oxygen atoms in total. The van der Waals surface area contributed by atoms with Gasteiger partial charge in [0.2, 0.25) is 0 Å². The second kappa shape index (κ2) is 12.8. The lowest BCUT2D eigenvalue weighted by molar-refractivity contribution is 0.157. The number of aryl methyl sites for hydroxylation is 1. The number of halogens is 2. The van der Waals surface area contributed by atoms with E-state index in [0.717, 1.165) is 43.7 Å². The molecule has 0 atom stereocenters. The summed E-state index contributed by atoms with van der Waals surface area (Å²) in [5, 5.41) is 4.09. The molecule has 0 radical (unpaired) electrons. The van der Waals surface area contributed by atoms with Crippen molar-refractivity contribution >= 4 is 57.1 Å². The van der Waals surface area contributed by atoms with Crippen molar-refractivity contribution in [1.82, 2.24) is 10.2 Å². The quantitative estimate of drug-likeness (QED) is 0.229. The molecule has 10 heteroatoms. The molecule has 0 aromatic heterocycles. The maximum Gasteiger partial charge on any atom is 0.194 e. The van der Waals surface area contributed by atoms with Crippen LogP contribution in [0.25, 0.3) is 0 Å². The zero-order chi connectivity index (χ0) is 20.6. The first-order valence-electron chi connectivity index (χ1n) is 9.60. The van der Waals surface area contributed by atoms with Crippen molar-refractivity contribution in [3.05, 3.63) is 28.8 Å². The van der Waals surface area contributed by atoms with Crippen LogP contribution in [0.3, 0.4) is 0 Å². The van der Waals surface area contributed by atoms with Gasteiger partial charge in [-0.1, -0.05) is 17.7 Å². The largest absolute Gasteiger partial charge is 0.378 e. The number of sulfone groups is 1. The van der Waals surface area contributed by atoms with E-state index in [-0.39, 0.29) is 36.3 Å². The third-order valence-electron chi connectivity index (χ3n) is 4.52. The molecule has 0 saturated carbocycles. The van der Waals surface area contributed by atoms with Crippen LogP contribution in [0.15, 0.2) is 23.2 Å². The van der Waals surface area contributed by atoms with Crippen LogP contribution in [0.5, 0.6) is 0 Å². The van der Waals surface area contributed by atoms with E-state index < -0.39 is 9.84 Å². The first kappa shape index (κ1) is 26.3. The Morgan fingerprint density at radius 3 is 2.55 bits per heavy atom. The molecule has 0 aliphatic carbocycles. The summed E-state index contributed by atoms with van der Waals surface area (Å²) in [5.41, 5.74) is 2.41. The molecule has 1 aromatic rings. The Hall–Kier alpha value is -0.780. The van der Waals surface area contributed by atoms with E-state index in [0.29, 0.717) is 13.2 Å². The average Bonchev–Trinajstić information content (AvgIpc) is 2.65. The number of benzene rings is 1. The number of anilines is 1. The van der Waals surface area contributed by atoms with Gasteiger partial charge in [-0.15, -0.1) is 24.0 Å². The van der Waals surface area contributed by atoms with Gasteiger partial charge in [0.15, 0.2) is 5.96 Å². The lowest BCUT2D eigenvalue weighted by atomic mass is 10.1. The fraction of sp³-hybridized carbons (Fsp3) is 0.632. The average molecular weight is 559 g/mol. The van der Waals surface area contributed by atoms with E-state index in [1.165, 1.54) is 17.5 Å². The number of piperazine rings is 1. The maximum atomic E-state index is 11.1. The van der Waals surface area contributed by atoms with Crippen molar-refractivity contribution in [2.45, 2.75) is 13.8 Å². The highest BCUT2D eigenvalue weighted by Gasteiger charge is 2.20. The van der Waals surface area contributed by atoms with Crippen molar-refractivity contribution < 1.29 is 13.2 Å². The first-order valence-corrected chi connectivity index (χ1v) is 12.0. The Morgan fingerprint density at radius 2 is 1.93 bits per heavy atom. The molecular weight excluding hydrogens is 527 g/mol. The third-order valence-corrected chi connectivity index (χ3v) is 5.66. The van der Waals surface area contributed by atoms with Crippen molar-refractivity contribution in [3.63, 3.8) is 0 Å². The molecule has 1 aromatic carbocycles. The van der Waals surface area contributed by atoms with Gasteiger partial charge in [0.05, 0.1) is 25.5 Å². The van der Waals surface area contributed by atoms with Crippen molar-refractivity contribution in [2.24, 2.45) is 4.99 Å². The number of ether oxygens (including phenoxy) is 1. The number of rotatable bonds is 8. The highest BCUT2D eigenvalue weighted by Crippen LogP contribution is 2.25. The number of hydrogen-bond donors (Lipinski definition) is 1. The highest BCUT2D eigenvalue weighted by atomic mass is 127. The van der Waals surface area contributed by atoms with Crippen LogP contribution in [0.1, 0.15) is 12.5 Å². The molecule has 1 aliphatic heterocycles. The molecule has 1 saturated heterocycles. The predicted molar refractivity (Wildman–Crippen MR) is 132 cm³/mol. The molecule has 1 N–H and O–H groups in total. The van der Waals surface area contributed by atoms with Gasteiger partial charge in [-0.2, -0.15) is 0 Å². The summed E-state index contributed by atoms with van der Waals surface area (Å²) in [6, 6.07) is 6.00. The summed E-state index contributed by atoms with van der Waals surface area (Å²) >= 11 is 6.16. The first-order chi connectivity index (χ1) is 13.3. The van der Waals surface area contributed by atoms with Gasteiger partial charge >= 0.3 is 0 Å². The smallest absolute Gasteiger partial charge is 0.194 e. The van der Waals surface area contributed by atoms with Gasteiger partial charge in [0.25, 0.3) is 0 Å². The minimum absolute atomic E-state index is 0. The molecule has 1 fully saturated rings. The van der Waals surface area contributed by atoms with Gasteiger partial charge in [-0.05, 0) is 31.5 Å². The van der Waals surface area contributed by atoms with Gasteiger partial charge in [-0.25, -0.2) is 8.42 Å². The SMILES string of the molecule is CCNC(=NCCOCCS(C)(=O)=O)N1CCN(c2cc(Cl)ccc2C)CC1.I. The summed E-state index contributed by atoms with van der Waals surface area (Å²) in [6.07, 6.45) is 1.21. The van der Waals surface area contributed by atoms with Gasteiger partial charge in [0, 0.05) is 49.7 Å². The summed E-state index contributed by atoms with van der Waals surface area (Å²) in [5.74, 6) is 0.915. The zero-order valence-corrected chi connectivity index (χ0v) is 21.3.